The first-order valence-electron chi connectivity index (χ1n) is 9.88. The molecule has 0 aliphatic carbocycles. The van der Waals surface area contributed by atoms with Gasteiger partial charge in [0.25, 0.3) is 5.91 Å². The molecule has 0 aliphatic rings. The number of nitrogens with zero attached hydrogens (tertiary/aromatic N) is 4. The van der Waals surface area contributed by atoms with Crippen LogP contribution in [0, 0.1) is 6.92 Å². The highest BCUT2D eigenvalue weighted by atomic mass is 35.5. The minimum absolute atomic E-state index is 0.0132. The molecule has 10 heteroatoms. The molecule has 1 amide bonds. The number of hydrogen-bond donors (Lipinski definition) is 3. The van der Waals surface area contributed by atoms with Crippen molar-refractivity contribution >= 4 is 46.8 Å². The number of aryl methyl sites for hydroxylation is 2. The summed E-state index contributed by atoms with van der Waals surface area (Å²) in [6.45, 7) is 3.79. The summed E-state index contributed by atoms with van der Waals surface area (Å²) < 4.78 is 5.53. The zero-order chi connectivity index (χ0) is 22.5. The van der Waals surface area contributed by atoms with Crippen molar-refractivity contribution in [2.45, 2.75) is 20.3 Å². The van der Waals surface area contributed by atoms with Crippen LogP contribution < -0.4 is 16.0 Å². The van der Waals surface area contributed by atoms with Crippen molar-refractivity contribution in [1.82, 2.24) is 19.9 Å². The highest BCUT2D eigenvalue weighted by Crippen LogP contribution is 2.26. The molecule has 32 heavy (non-hydrogen) atoms. The Morgan fingerprint density at radius 2 is 1.75 bits per heavy atom. The summed E-state index contributed by atoms with van der Waals surface area (Å²) in [5.74, 6) is 0.743. The Bertz CT molecular complexity index is 1220. The average molecular weight is 450 g/mol. The monoisotopic (exact) mass is 449 g/mol. The minimum Gasteiger partial charge on any atom is -0.418 e. The van der Waals surface area contributed by atoms with Gasteiger partial charge in [-0.05, 0) is 30.7 Å². The molecule has 162 valence electrons. The van der Waals surface area contributed by atoms with Crippen LogP contribution in [0.25, 0.3) is 0 Å². The quantitative estimate of drug-likeness (QED) is 0.355. The Kier molecular flexibility index (Phi) is 6.27. The van der Waals surface area contributed by atoms with Crippen LogP contribution >= 0.6 is 11.6 Å². The maximum Gasteiger partial charge on any atom is 0.302 e. The zero-order valence-electron chi connectivity index (χ0n) is 17.4. The van der Waals surface area contributed by atoms with Crippen LogP contribution in [-0.4, -0.2) is 25.8 Å². The Morgan fingerprint density at radius 3 is 2.47 bits per heavy atom. The summed E-state index contributed by atoms with van der Waals surface area (Å²) in [6.07, 6.45) is 1.92. The Balaban J connectivity index is 1.50. The van der Waals surface area contributed by atoms with E-state index in [0.717, 1.165) is 11.3 Å². The topological polar surface area (TPSA) is 118 Å². The molecule has 0 unspecified atom stereocenters. The van der Waals surface area contributed by atoms with Gasteiger partial charge in [-0.1, -0.05) is 48.9 Å². The van der Waals surface area contributed by atoms with E-state index in [4.69, 9.17) is 16.0 Å². The predicted octanol–water partition coefficient (Wildman–Crippen LogP) is 5.12. The van der Waals surface area contributed by atoms with Crippen LogP contribution in [0.4, 0.5) is 29.3 Å². The third-order valence-electron chi connectivity index (χ3n) is 4.44. The van der Waals surface area contributed by atoms with Gasteiger partial charge >= 0.3 is 6.01 Å². The van der Waals surface area contributed by atoms with Crippen molar-refractivity contribution in [3.05, 3.63) is 76.9 Å². The van der Waals surface area contributed by atoms with Crippen molar-refractivity contribution in [2.24, 2.45) is 0 Å². The highest BCUT2D eigenvalue weighted by molar-refractivity contribution is 6.34. The fourth-order valence-corrected chi connectivity index (χ4v) is 3.11. The van der Waals surface area contributed by atoms with E-state index in [2.05, 4.69) is 35.9 Å². The molecular formula is C22H20ClN7O2. The van der Waals surface area contributed by atoms with Gasteiger partial charge in [0, 0.05) is 12.1 Å². The maximum atomic E-state index is 12.6. The summed E-state index contributed by atoms with van der Waals surface area (Å²) >= 11 is 6.17. The van der Waals surface area contributed by atoms with Gasteiger partial charge in [-0.2, -0.15) is 15.0 Å². The molecule has 3 N–H and O–H groups in total. The number of anilines is 5. The van der Waals surface area contributed by atoms with Crippen molar-refractivity contribution in [3.8, 4) is 0 Å². The van der Waals surface area contributed by atoms with E-state index in [1.807, 2.05) is 56.3 Å². The van der Waals surface area contributed by atoms with E-state index in [9.17, 15) is 4.79 Å². The number of carbonyl (C=O) groups excluding carboxylic acids is 1. The number of benzene rings is 2. The van der Waals surface area contributed by atoms with Crippen LogP contribution in [0.15, 0.2) is 59.1 Å². The first kappa shape index (κ1) is 21.3. The molecule has 0 fully saturated rings. The molecule has 4 rings (SSSR count). The number of nitrogens with one attached hydrogen (secondary N) is 3. The molecule has 0 radical (unpaired) electrons. The summed E-state index contributed by atoms with van der Waals surface area (Å²) in [4.78, 5) is 29.7. The largest absolute Gasteiger partial charge is 0.418 e. The predicted molar refractivity (Wildman–Crippen MR) is 123 cm³/mol. The molecule has 2 aromatic heterocycles. The fraction of sp³-hybridized carbons (Fsp3) is 0.136. The van der Waals surface area contributed by atoms with E-state index < -0.39 is 5.91 Å². The molecule has 2 aromatic carbocycles. The second kappa shape index (κ2) is 9.44. The van der Waals surface area contributed by atoms with E-state index in [-0.39, 0.29) is 17.7 Å². The number of carbonyl (C=O) groups is 1. The van der Waals surface area contributed by atoms with E-state index in [0.29, 0.717) is 28.9 Å². The first-order valence-corrected chi connectivity index (χ1v) is 10.3. The highest BCUT2D eigenvalue weighted by Gasteiger charge is 2.16. The van der Waals surface area contributed by atoms with Gasteiger partial charge in [-0.15, -0.1) is 0 Å². The van der Waals surface area contributed by atoms with E-state index >= 15 is 0 Å². The van der Waals surface area contributed by atoms with Crippen LogP contribution in [0.1, 0.15) is 28.9 Å². The number of hydrogen-bond acceptors (Lipinski definition) is 8. The third kappa shape index (κ3) is 5.01. The number of rotatable bonds is 7. The second-order valence-corrected chi connectivity index (χ2v) is 7.19. The smallest absolute Gasteiger partial charge is 0.302 e. The van der Waals surface area contributed by atoms with Gasteiger partial charge in [0.15, 0.2) is 0 Å². The summed E-state index contributed by atoms with van der Waals surface area (Å²) in [6, 6.07) is 15.0. The fourth-order valence-electron chi connectivity index (χ4n) is 2.84. The molecule has 0 saturated heterocycles. The number of oxazole rings is 1. The van der Waals surface area contributed by atoms with Gasteiger partial charge in [-0.3, -0.25) is 10.1 Å². The molecule has 2 heterocycles. The summed E-state index contributed by atoms with van der Waals surface area (Å²) in [7, 11) is 0. The lowest BCUT2D eigenvalue weighted by Crippen LogP contribution is -2.12. The van der Waals surface area contributed by atoms with Crippen molar-refractivity contribution in [1.29, 1.82) is 0 Å². The van der Waals surface area contributed by atoms with Crippen molar-refractivity contribution in [3.63, 3.8) is 0 Å². The number of halogens is 1. The normalized spacial score (nSPS) is 10.6. The standard InChI is InChI=1S/C22H20ClN7O2/c1-3-17-26-20(25-14-9-5-4-6-10-14)29-21(27-17)30-22-24-12-16(32-22)19(31)28-18-13(2)8-7-11-15(18)23/h4-12H,3H2,1-2H3,(H,28,31)(H2,24,25,26,27,29,30). The van der Waals surface area contributed by atoms with Crippen LogP contribution in [0.2, 0.25) is 5.02 Å². The zero-order valence-corrected chi connectivity index (χ0v) is 18.1. The van der Waals surface area contributed by atoms with Gasteiger partial charge in [0.05, 0.1) is 16.9 Å². The Labute approximate surface area is 189 Å². The third-order valence-corrected chi connectivity index (χ3v) is 4.75. The molecule has 0 atom stereocenters. The number of aromatic nitrogens is 4. The lowest BCUT2D eigenvalue weighted by atomic mass is 10.2. The molecule has 9 nitrogen and oxygen atoms in total. The van der Waals surface area contributed by atoms with Crippen LogP contribution in [0.3, 0.4) is 0 Å². The van der Waals surface area contributed by atoms with Crippen LogP contribution in [0.5, 0.6) is 0 Å². The number of amides is 1. The molecule has 0 aliphatic heterocycles. The van der Waals surface area contributed by atoms with Crippen molar-refractivity contribution in [2.75, 3.05) is 16.0 Å². The lowest BCUT2D eigenvalue weighted by Gasteiger charge is -2.09. The Hall–Kier alpha value is -3.98. The lowest BCUT2D eigenvalue weighted by molar-refractivity contribution is 0.0997. The summed E-state index contributed by atoms with van der Waals surface area (Å²) in [5, 5.41) is 9.20. The second-order valence-electron chi connectivity index (χ2n) is 6.78. The molecule has 0 spiro atoms. The van der Waals surface area contributed by atoms with Crippen molar-refractivity contribution < 1.29 is 9.21 Å². The summed E-state index contributed by atoms with van der Waals surface area (Å²) in [5.41, 5.74) is 2.20. The SMILES string of the molecule is CCc1nc(Nc2ccccc2)nc(Nc2ncc(C(=O)Nc3c(C)cccc3Cl)o2)n1. The minimum atomic E-state index is -0.474. The molecule has 4 aromatic rings. The van der Waals surface area contributed by atoms with Gasteiger partial charge in [0.2, 0.25) is 17.7 Å². The van der Waals surface area contributed by atoms with Gasteiger partial charge in [0.1, 0.15) is 5.82 Å². The Morgan fingerprint density at radius 1 is 1.00 bits per heavy atom. The van der Waals surface area contributed by atoms with E-state index in [1.54, 1.807) is 6.07 Å². The van der Waals surface area contributed by atoms with Gasteiger partial charge in [-0.25, -0.2) is 4.98 Å². The van der Waals surface area contributed by atoms with Crippen LogP contribution in [-0.2, 0) is 6.42 Å². The van der Waals surface area contributed by atoms with E-state index in [1.165, 1.54) is 6.20 Å². The molecular weight excluding hydrogens is 430 g/mol. The molecule has 0 saturated carbocycles. The first-order chi connectivity index (χ1) is 15.5. The number of para-hydroxylation sites is 2. The average Bonchev–Trinajstić information content (AvgIpc) is 3.25. The molecule has 0 bridgehead atoms. The van der Waals surface area contributed by atoms with Gasteiger partial charge < -0.3 is 15.1 Å². The maximum absolute atomic E-state index is 12.6.